The summed E-state index contributed by atoms with van der Waals surface area (Å²) in [4.78, 5) is 11.6. The lowest BCUT2D eigenvalue weighted by Gasteiger charge is -2.10. The Labute approximate surface area is 131 Å². The van der Waals surface area contributed by atoms with Crippen LogP contribution in [0.5, 0.6) is 0 Å². The Morgan fingerprint density at radius 2 is 2.10 bits per heavy atom. The van der Waals surface area contributed by atoms with Gasteiger partial charge in [0.1, 0.15) is 0 Å². The Kier molecular flexibility index (Phi) is 5.26. The maximum absolute atomic E-state index is 11.6. The molecular formula is C15H16BrClN2O. The lowest BCUT2D eigenvalue weighted by atomic mass is 10.2. The Morgan fingerprint density at radius 3 is 2.80 bits per heavy atom. The van der Waals surface area contributed by atoms with Crippen molar-refractivity contribution in [3.05, 3.63) is 61.9 Å². The standard InChI is InChI=1S/C15H16BrClN2O/c1-2-7-19-10-12(4-6-15(19)20)18-9-11-3-5-14(17)13(16)8-11/h3-6,8,10,18H,2,7,9H2,1H3. The van der Waals surface area contributed by atoms with Crippen molar-refractivity contribution in [2.24, 2.45) is 0 Å². The van der Waals surface area contributed by atoms with E-state index in [4.69, 9.17) is 11.6 Å². The molecule has 0 radical (unpaired) electrons. The number of aromatic nitrogens is 1. The zero-order valence-electron chi connectivity index (χ0n) is 11.2. The Bertz CT molecular complexity index is 655. The zero-order chi connectivity index (χ0) is 14.5. The van der Waals surface area contributed by atoms with E-state index in [0.29, 0.717) is 11.6 Å². The van der Waals surface area contributed by atoms with Crippen LogP contribution in [0.1, 0.15) is 18.9 Å². The molecule has 0 saturated heterocycles. The summed E-state index contributed by atoms with van der Waals surface area (Å²) >= 11 is 9.37. The van der Waals surface area contributed by atoms with E-state index in [2.05, 4.69) is 28.2 Å². The SMILES string of the molecule is CCCn1cc(NCc2ccc(Cl)c(Br)c2)ccc1=O. The first kappa shape index (κ1) is 15.1. The van der Waals surface area contributed by atoms with Gasteiger partial charge in [-0.2, -0.15) is 0 Å². The molecule has 1 aromatic carbocycles. The van der Waals surface area contributed by atoms with Crippen molar-refractivity contribution in [1.82, 2.24) is 4.57 Å². The Hall–Kier alpha value is -1.26. The molecule has 0 saturated carbocycles. The molecule has 0 aliphatic heterocycles. The van der Waals surface area contributed by atoms with Gasteiger partial charge in [0.15, 0.2) is 0 Å². The second-order valence-electron chi connectivity index (χ2n) is 4.55. The molecule has 2 aromatic rings. The minimum atomic E-state index is 0.0339. The van der Waals surface area contributed by atoms with Gasteiger partial charge in [-0.05, 0) is 46.1 Å². The predicted molar refractivity (Wildman–Crippen MR) is 87.5 cm³/mol. The van der Waals surface area contributed by atoms with Gasteiger partial charge in [0, 0.05) is 29.8 Å². The highest BCUT2D eigenvalue weighted by Gasteiger charge is 2.01. The van der Waals surface area contributed by atoms with Gasteiger partial charge in [0.2, 0.25) is 0 Å². The third-order valence-corrected chi connectivity index (χ3v) is 4.14. The van der Waals surface area contributed by atoms with E-state index in [1.807, 2.05) is 24.4 Å². The first-order chi connectivity index (χ1) is 9.60. The predicted octanol–water partition coefficient (Wildman–Crippen LogP) is 4.29. The highest BCUT2D eigenvalue weighted by atomic mass is 79.9. The topological polar surface area (TPSA) is 34.0 Å². The zero-order valence-corrected chi connectivity index (χ0v) is 13.5. The second kappa shape index (κ2) is 6.95. The fourth-order valence-corrected chi connectivity index (χ4v) is 2.45. The smallest absolute Gasteiger partial charge is 0.250 e. The molecule has 106 valence electrons. The number of hydrogen-bond acceptors (Lipinski definition) is 2. The third-order valence-electron chi connectivity index (χ3n) is 2.93. The van der Waals surface area contributed by atoms with E-state index >= 15 is 0 Å². The van der Waals surface area contributed by atoms with Crippen LogP contribution >= 0.6 is 27.5 Å². The summed E-state index contributed by atoms with van der Waals surface area (Å²) in [6.07, 6.45) is 2.80. The minimum absolute atomic E-state index is 0.0339. The first-order valence-corrected chi connectivity index (χ1v) is 7.65. The van der Waals surface area contributed by atoms with Crippen LogP contribution < -0.4 is 10.9 Å². The summed E-state index contributed by atoms with van der Waals surface area (Å²) in [5.74, 6) is 0. The molecule has 0 amide bonds. The number of nitrogens with one attached hydrogen (secondary N) is 1. The largest absolute Gasteiger partial charge is 0.380 e. The lowest BCUT2D eigenvalue weighted by Crippen LogP contribution is -2.18. The van der Waals surface area contributed by atoms with E-state index in [0.717, 1.165) is 28.7 Å². The number of rotatable bonds is 5. The molecule has 2 rings (SSSR count). The molecule has 0 fully saturated rings. The summed E-state index contributed by atoms with van der Waals surface area (Å²) in [7, 11) is 0. The van der Waals surface area contributed by atoms with Gasteiger partial charge < -0.3 is 9.88 Å². The molecule has 0 unspecified atom stereocenters. The van der Waals surface area contributed by atoms with E-state index in [9.17, 15) is 4.79 Å². The van der Waals surface area contributed by atoms with Gasteiger partial charge in [-0.1, -0.05) is 24.6 Å². The van der Waals surface area contributed by atoms with Crippen LogP contribution in [0.2, 0.25) is 5.02 Å². The van der Waals surface area contributed by atoms with Gasteiger partial charge in [-0.25, -0.2) is 0 Å². The molecule has 5 heteroatoms. The molecule has 1 N–H and O–H groups in total. The molecule has 0 aliphatic rings. The number of halogens is 2. The Balaban J connectivity index is 2.08. The van der Waals surface area contributed by atoms with E-state index in [-0.39, 0.29) is 5.56 Å². The molecule has 1 aromatic heterocycles. The molecule has 0 bridgehead atoms. The van der Waals surface area contributed by atoms with Crippen LogP contribution in [-0.2, 0) is 13.1 Å². The van der Waals surface area contributed by atoms with Crippen molar-refractivity contribution in [3.63, 3.8) is 0 Å². The fourth-order valence-electron chi connectivity index (χ4n) is 1.91. The fraction of sp³-hybridized carbons (Fsp3) is 0.267. The summed E-state index contributed by atoms with van der Waals surface area (Å²) in [5, 5.41) is 4.01. The number of hydrogen-bond donors (Lipinski definition) is 1. The number of aryl methyl sites for hydroxylation is 1. The van der Waals surface area contributed by atoms with Crippen LogP contribution in [0, 0.1) is 0 Å². The molecule has 3 nitrogen and oxygen atoms in total. The summed E-state index contributed by atoms with van der Waals surface area (Å²) in [6.45, 7) is 3.47. The van der Waals surface area contributed by atoms with Crippen molar-refractivity contribution in [1.29, 1.82) is 0 Å². The molecule has 0 spiro atoms. The number of anilines is 1. The summed E-state index contributed by atoms with van der Waals surface area (Å²) < 4.78 is 2.61. The normalized spacial score (nSPS) is 10.6. The molecule has 1 heterocycles. The van der Waals surface area contributed by atoms with Crippen LogP contribution in [0.3, 0.4) is 0 Å². The average molecular weight is 356 g/mol. The monoisotopic (exact) mass is 354 g/mol. The molecular weight excluding hydrogens is 340 g/mol. The molecule has 0 aliphatic carbocycles. The van der Waals surface area contributed by atoms with E-state index < -0.39 is 0 Å². The molecule has 0 atom stereocenters. The van der Waals surface area contributed by atoms with Crippen LogP contribution in [0.25, 0.3) is 0 Å². The molecule has 20 heavy (non-hydrogen) atoms. The quantitative estimate of drug-likeness (QED) is 0.868. The van der Waals surface area contributed by atoms with Gasteiger partial charge >= 0.3 is 0 Å². The minimum Gasteiger partial charge on any atom is -0.380 e. The summed E-state index contributed by atoms with van der Waals surface area (Å²) in [6, 6.07) is 9.22. The van der Waals surface area contributed by atoms with Gasteiger partial charge in [-0.15, -0.1) is 0 Å². The highest BCUT2D eigenvalue weighted by molar-refractivity contribution is 9.10. The number of pyridine rings is 1. The van der Waals surface area contributed by atoms with Crippen molar-refractivity contribution in [3.8, 4) is 0 Å². The van der Waals surface area contributed by atoms with Gasteiger partial charge in [0.25, 0.3) is 5.56 Å². The van der Waals surface area contributed by atoms with E-state index in [1.165, 1.54) is 0 Å². The van der Waals surface area contributed by atoms with Crippen LogP contribution in [0.15, 0.2) is 45.8 Å². The van der Waals surface area contributed by atoms with Crippen LogP contribution in [-0.4, -0.2) is 4.57 Å². The Morgan fingerprint density at radius 1 is 1.30 bits per heavy atom. The number of nitrogens with zero attached hydrogens (tertiary/aromatic N) is 1. The lowest BCUT2D eigenvalue weighted by molar-refractivity contribution is 0.655. The number of benzene rings is 1. The van der Waals surface area contributed by atoms with E-state index in [1.54, 1.807) is 16.7 Å². The van der Waals surface area contributed by atoms with Gasteiger partial charge in [-0.3, -0.25) is 4.79 Å². The first-order valence-electron chi connectivity index (χ1n) is 6.48. The third kappa shape index (κ3) is 3.87. The second-order valence-corrected chi connectivity index (χ2v) is 5.81. The van der Waals surface area contributed by atoms with Crippen LogP contribution in [0.4, 0.5) is 5.69 Å². The van der Waals surface area contributed by atoms with Crippen molar-refractivity contribution >= 4 is 33.2 Å². The maximum Gasteiger partial charge on any atom is 0.250 e. The average Bonchev–Trinajstić information content (AvgIpc) is 2.43. The highest BCUT2D eigenvalue weighted by Crippen LogP contribution is 2.23. The van der Waals surface area contributed by atoms with Crippen molar-refractivity contribution < 1.29 is 0 Å². The van der Waals surface area contributed by atoms with Crippen molar-refractivity contribution in [2.75, 3.05) is 5.32 Å². The summed E-state index contributed by atoms with van der Waals surface area (Å²) in [5.41, 5.74) is 2.09. The van der Waals surface area contributed by atoms with Crippen molar-refractivity contribution in [2.45, 2.75) is 26.4 Å². The maximum atomic E-state index is 11.6. The van der Waals surface area contributed by atoms with Gasteiger partial charge in [0.05, 0.1) is 10.7 Å².